The zero-order valence-electron chi connectivity index (χ0n) is 10.1. The minimum atomic E-state index is -1.51. The van der Waals surface area contributed by atoms with E-state index in [9.17, 15) is 4.79 Å². The normalized spacial score (nSPS) is 10.9. The number of aliphatic hydroxyl groups excluding tert-OH is 1. The third-order valence-corrected chi connectivity index (χ3v) is 3.34. The molecule has 0 atom stereocenters. The number of rotatable bonds is 5. The summed E-state index contributed by atoms with van der Waals surface area (Å²) in [6, 6.07) is 6.48. The fraction of sp³-hybridized carbons (Fsp3) is 0.273. The summed E-state index contributed by atoms with van der Waals surface area (Å²) in [5, 5.41) is 29.8. The summed E-state index contributed by atoms with van der Waals surface area (Å²) >= 11 is 1.25. The first kappa shape index (κ1) is 13.7. The molecule has 0 bridgehead atoms. The standard InChI is InChI=1S/C11H12N4O3S/c1-7(16)6-19-11-12-13-14-15(11)9-4-2-8(3-5-9)10(17)18/h2-5,10,17-18H,6H2,1H3. The van der Waals surface area contributed by atoms with Gasteiger partial charge in [-0.15, -0.1) is 5.10 Å². The van der Waals surface area contributed by atoms with Crippen LogP contribution in [0.1, 0.15) is 18.8 Å². The van der Waals surface area contributed by atoms with Gasteiger partial charge in [-0.3, -0.25) is 4.79 Å². The molecule has 0 fully saturated rings. The third-order valence-electron chi connectivity index (χ3n) is 2.28. The summed E-state index contributed by atoms with van der Waals surface area (Å²) in [5.74, 6) is 0.340. The Balaban J connectivity index is 2.22. The second-order valence-corrected chi connectivity index (χ2v) is 4.77. The summed E-state index contributed by atoms with van der Waals surface area (Å²) < 4.78 is 1.49. The molecule has 19 heavy (non-hydrogen) atoms. The quantitative estimate of drug-likeness (QED) is 0.601. The number of benzene rings is 1. The number of Topliss-reactive ketones (excluding diaryl/α,β-unsaturated/α-hetero) is 1. The molecule has 0 saturated carbocycles. The average Bonchev–Trinajstić information content (AvgIpc) is 2.84. The van der Waals surface area contributed by atoms with E-state index < -0.39 is 6.29 Å². The van der Waals surface area contributed by atoms with E-state index in [1.807, 2.05) is 0 Å². The molecule has 0 aliphatic rings. The Morgan fingerprint density at radius 2 is 2.05 bits per heavy atom. The van der Waals surface area contributed by atoms with Gasteiger partial charge in [0, 0.05) is 5.56 Å². The van der Waals surface area contributed by atoms with Gasteiger partial charge in [0.1, 0.15) is 5.78 Å². The highest BCUT2D eigenvalue weighted by molar-refractivity contribution is 7.99. The van der Waals surface area contributed by atoms with Crippen LogP contribution in [0.3, 0.4) is 0 Å². The van der Waals surface area contributed by atoms with Crippen LogP contribution in [0.25, 0.3) is 5.69 Å². The van der Waals surface area contributed by atoms with E-state index in [4.69, 9.17) is 10.2 Å². The van der Waals surface area contributed by atoms with Crippen molar-refractivity contribution in [3.8, 4) is 5.69 Å². The number of nitrogens with zero attached hydrogens (tertiary/aromatic N) is 4. The van der Waals surface area contributed by atoms with Gasteiger partial charge >= 0.3 is 0 Å². The molecule has 2 rings (SSSR count). The van der Waals surface area contributed by atoms with Crippen LogP contribution in [0.15, 0.2) is 29.4 Å². The van der Waals surface area contributed by atoms with Crippen molar-refractivity contribution < 1.29 is 15.0 Å². The maximum atomic E-state index is 11.0. The van der Waals surface area contributed by atoms with E-state index in [-0.39, 0.29) is 5.78 Å². The number of tetrazole rings is 1. The fourth-order valence-corrected chi connectivity index (χ4v) is 2.08. The van der Waals surface area contributed by atoms with Crippen LogP contribution in [-0.4, -0.2) is 42.0 Å². The van der Waals surface area contributed by atoms with Crippen molar-refractivity contribution in [3.63, 3.8) is 0 Å². The number of aromatic nitrogens is 4. The van der Waals surface area contributed by atoms with Gasteiger partial charge in [-0.1, -0.05) is 23.9 Å². The second kappa shape index (κ2) is 5.91. The Kier molecular flexibility index (Phi) is 4.25. The van der Waals surface area contributed by atoms with Gasteiger partial charge in [0.25, 0.3) is 0 Å². The highest BCUT2D eigenvalue weighted by Crippen LogP contribution is 2.19. The van der Waals surface area contributed by atoms with Crippen LogP contribution < -0.4 is 0 Å². The van der Waals surface area contributed by atoms with E-state index >= 15 is 0 Å². The predicted molar refractivity (Wildman–Crippen MR) is 67.7 cm³/mol. The van der Waals surface area contributed by atoms with Crippen LogP contribution in [0.5, 0.6) is 0 Å². The molecule has 2 N–H and O–H groups in total. The second-order valence-electron chi connectivity index (χ2n) is 3.83. The molecule has 0 aliphatic carbocycles. The van der Waals surface area contributed by atoms with Crippen molar-refractivity contribution >= 4 is 17.5 Å². The summed E-state index contributed by atoms with van der Waals surface area (Å²) in [5.41, 5.74) is 1.07. The summed E-state index contributed by atoms with van der Waals surface area (Å²) in [4.78, 5) is 11.0. The highest BCUT2D eigenvalue weighted by atomic mass is 32.2. The molecular weight excluding hydrogens is 268 g/mol. The minimum absolute atomic E-state index is 0.0401. The first-order chi connectivity index (χ1) is 9.08. The van der Waals surface area contributed by atoms with Crippen molar-refractivity contribution in [2.75, 3.05) is 5.75 Å². The largest absolute Gasteiger partial charge is 0.364 e. The fourth-order valence-electron chi connectivity index (χ4n) is 1.38. The molecule has 1 aromatic heterocycles. The number of ketones is 1. The SMILES string of the molecule is CC(=O)CSc1nnnn1-c1ccc(C(O)O)cc1. The number of thioether (sulfide) groups is 1. The van der Waals surface area contributed by atoms with Crippen molar-refractivity contribution in [1.29, 1.82) is 0 Å². The molecule has 0 amide bonds. The van der Waals surface area contributed by atoms with E-state index in [0.717, 1.165) is 0 Å². The minimum Gasteiger partial charge on any atom is -0.364 e. The summed E-state index contributed by atoms with van der Waals surface area (Å²) in [6.07, 6.45) is -1.51. The van der Waals surface area contributed by atoms with Gasteiger partial charge in [-0.05, 0) is 29.5 Å². The first-order valence-corrected chi connectivity index (χ1v) is 6.43. The molecule has 0 unspecified atom stereocenters. The Labute approximate surface area is 113 Å². The molecule has 0 spiro atoms. The zero-order valence-corrected chi connectivity index (χ0v) is 10.9. The summed E-state index contributed by atoms with van der Waals surface area (Å²) in [6.45, 7) is 1.50. The monoisotopic (exact) mass is 280 g/mol. The van der Waals surface area contributed by atoms with E-state index in [0.29, 0.717) is 22.2 Å². The van der Waals surface area contributed by atoms with Gasteiger partial charge in [-0.25, -0.2) is 0 Å². The Hall–Kier alpha value is -1.77. The van der Waals surface area contributed by atoms with Gasteiger partial charge < -0.3 is 10.2 Å². The Morgan fingerprint density at radius 1 is 1.37 bits per heavy atom. The Bertz CT molecular complexity index is 568. The van der Waals surface area contributed by atoms with Crippen molar-refractivity contribution in [2.45, 2.75) is 18.4 Å². The molecule has 8 heteroatoms. The topological polar surface area (TPSA) is 101 Å². The molecular formula is C11H12N4O3S. The molecule has 100 valence electrons. The number of aliphatic hydroxyl groups is 2. The highest BCUT2D eigenvalue weighted by Gasteiger charge is 2.10. The van der Waals surface area contributed by atoms with Gasteiger partial charge in [0.2, 0.25) is 5.16 Å². The maximum Gasteiger partial charge on any atom is 0.214 e. The molecule has 2 aromatic rings. The molecule has 0 radical (unpaired) electrons. The lowest BCUT2D eigenvalue weighted by molar-refractivity contribution is -0.114. The first-order valence-electron chi connectivity index (χ1n) is 5.45. The molecule has 1 aromatic carbocycles. The lowest BCUT2D eigenvalue weighted by Gasteiger charge is -2.06. The van der Waals surface area contributed by atoms with Crippen LogP contribution in [-0.2, 0) is 4.79 Å². The van der Waals surface area contributed by atoms with E-state index in [1.165, 1.54) is 23.4 Å². The van der Waals surface area contributed by atoms with Crippen molar-refractivity contribution in [2.24, 2.45) is 0 Å². The molecule has 1 heterocycles. The van der Waals surface area contributed by atoms with Gasteiger partial charge in [0.05, 0.1) is 11.4 Å². The Morgan fingerprint density at radius 3 is 2.63 bits per heavy atom. The van der Waals surface area contributed by atoms with Crippen LogP contribution >= 0.6 is 11.8 Å². The zero-order chi connectivity index (χ0) is 13.8. The smallest absolute Gasteiger partial charge is 0.214 e. The average molecular weight is 280 g/mol. The van der Waals surface area contributed by atoms with E-state index in [2.05, 4.69) is 15.5 Å². The molecule has 7 nitrogen and oxygen atoms in total. The van der Waals surface area contributed by atoms with Crippen molar-refractivity contribution in [3.05, 3.63) is 29.8 Å². The van der Waals surface area contributed by atoms with Gasteiger partial charge in [0.15, 0.2) is 6.29 Å². The van der Waals surface area contributed by atoms with Crippen LogP contribution in [0.4, 0.5) is 0 Å². The van der Waals surface area contributed by atoms with Crippen LogP contribution in [0.2, 0.25) is 0 Å². The lowest BCUT2D eigenvalue weighted by atomic mass is 10.2. The molecule has 0 saturated heterocycles. The number of carbonyl (C=O) groups excluding carboxylic acids is 1. The molecule has 0 aliphatic heterocycles. The van der Waals surface area contributed by atoms with Crippen molar-refractivity contribution in [1.82, 2.24) is 20.2 Å². The number of carbonyl (C=O) groups is 1. The van der Waals surface area contributed by atoms with Crippen LogP contribution in [0, 0.1) is 0 Å². The van der Waals surface area contributed by atoms with Gasteiger partial charge in [-0.2, -0.15) is 4.68 Å². The maximum absolute atomic E-state index is 11.0. The lowest BCUT2D eigenvalue weighted by Crippen LogP contribution is -2.02. The van der Waals surface area contributed by atoms with E-state index in [1.54, 1.807) is 24.3 Å². The third kappa shape index (κ3) is 3.37. The number of hydrogen-bond donors (Lipinski definition) is 2. The predicted octanol–water partition coefficient (Wildman–Crippen LogP) is 0.327. The number of hydrogen-bond acceptors (Lipinski definition) is 7. The summed E-state index contributed by atoms with van der Waals surface area (Å²) in [7, 11) is 0.